The summed E-state index contributed by atoms with van der Waals surface area (Å²) in [5.41, 5.74) is 9.28. The molecule has 2 N–H and O–H groups in total. The molecule has 0 radical (unpaired) electrons. The summed E-state index contributed by atoms with van der Waals surface area (Å²) in [5.74, 6) is 0.723. The first-order valence-electron chi connectivity index (χ1n) is 5.12. The first kappa shape index (κ1) is 8.97. The molecule has 3 aromatic rings. The molecule has 3 nitrogen and oxygen atoms in total. The van der Waals surface area contributed by atoms with Crippen LogP contribution in [0.2, 0.25) is 0 Å². The highest BCUT2D eigenvalue weighted by atomic mass is 15.0. The standard InChI is InChI=1S/C13H11N3/c14-13-12(10-4-2-1-3-5-10)7-6-11-8-15-9-16(11)13/h1-9H,14H2. The zero-order valence-electron chi connectivity index (χ0n) is 8.67. The van der Waals surface area contributed by atoms with Crippen molar-refractivity contribution in [1.82, 2.24) is 9.38 Å². The number of anilines is 1. The molecule has 0 aliphatic rings. The Morgan fingerprint density at radius 1 is 1.00 bits per heavy atom. The van der Waals surface area contributed by atoms with E-state index in [-0.39, 0.29) is 0 Å². The van der Waals surface area contributed by atoms with E-state index >= 15 is 0 Å². The predicted molar refractivity (Wildman–Crippen MR) is 65.0 cm³/mol. The normalized spacial score (nSPS) is 10.8. The van der Waals surface area contributed by atoms with Crippen molar-refractivity contribution in [2.75, 3.05) is 5.73 Å². The Morgan fingerprint density at radius 2 is 1.81 bits per heavy atom. The van der Waals surface area contributed by atoms with Crippen molar-refractivity contribution in [3.8, 4) is 11.1 Å². The van der Waals surface area contributed by atoms with Gasteiger partial charge in [0.25, 0.3) is 0 Å². The molecule has 0 aliphatic heterocycles. The summed E-state index contributed by atoms with van der Waals surface area (Å²) in [6.45, 7) is 0. The van der Waals surface area contributed by atoms with Crippen LogP contribution in [0.25, 0.3) is 16.6 Å². The number of nitrogens with zero attached hydrogens (tertiary/aromatic N) is 2. The number of nitrogens with two attached hydrogens (primary N) is 1. The van der Waals surface area contributed by atoms with Crippen molar-refractivity contribution in [2.24, 2.45) is 0 Å². The molecule has 2 aromatic heterocycles. The van der Waals surface area contributed by atoms with Gasteiger partial charge in [-0.3, -0.25) is 4.40 Å². The van der Waals surface area contributed by atoms with Crippen molar-refractivity contribution < 1.29 is 0 Å². The second-order valence-electron chi connectivity index (χ2n) is 3.69. The monoisotopic (exact) mass is 209 g/mol. The fraction of sp³-hybridized carbons (Fsp3) is 0. The van der Waals surface area contributed by atoms with Crippen LogP contribution in [0.3, 0.4) is 0 Å². The van der Waals surface area contributed by atoms with E-state index in [1.807, 2.05) is 34.7 Å². The zero-order valence-corrected chi connectivity index (χ0v) is 8.67. The van der Waals surface area contributed by atoms with Crippen molar-refractivity contribution in [2.45, 2.75) is 0 Å². The molecule has 16 heavy (non-hydrogen) atoms. The lowest BCUT2D eigenvalue weighted by Crippen LogP contribution is -1.98. The van der Waals surface area contributed by atoms with Crippen molar-refractivity contribution in [3.63, 3.8) is 0 Å². The van der Waals surface area contributed by atoms with E-state index in [1.54, 1.807) is 12.5 Å². The number of hydrogen-bond acceptors (Lipinski definition) is 2. The molecule has 0 fully saturated rings. The van der Waals surface area contributed by atoms with Crippen molar-refractivity contribution in [3.05, 3.63) is 55.0 Å². The molecule has 0 spiro atoms. The molecule has 78 valence electrons. The number of hydrogen-bond donors (Lipinski definition) is 1. The summed E-state index contributed by atoms with van der Waals surface area (Å²) < 4.78 is 1.89. The van der Waals surface area contributed by atoms with E-state index in [4.69, 9.17) is 5.73 Å². The highest BCUT2D eigenvalue weighted by Gasteiger charge is 2.05. The molecule has 0 saturated carbocycles. The van der Waals surface area contributed by atoms with Gasteiger partial charge in [-0.15, -0.1) is 0 Å². The minimum atomic E-state index is 0.723. The minimum Gasteiger partial charge on any atom is -0.384 e. The van der Waals surface area contributed by atoms with Gasteiger partial charge in [0.1, 0.15) is 12.1 Å². The minimum absolute atomic E-state index is 0.723. The van der Waals surface area contributed by atoms with Crippen LogP contribution in [-0.4, -0.2) is 9.38 Å². The third-order valence-corrected chi connectivity index (χ3v) is 2.71. The van der Waals surface area contributed by atoms with E-state index in [1.165, 1.54) is 0 Å². The summed E-state index contributed by atoms with van der Waals surface area (Å²) in [7, 11) is 0. The molecule has 3 heteroatoms. The molecule has 3 rings (SSSR count). The van der Waals surface area contributed by atoms with Gasteiger partial charge in [-0.25, -0.2) is 4.98 Å². The lowest BCUT2D eigenvalue weighted by molar-refractivity contribution is 1.17. The van der Waals surface area contributed by atoms with Crippen LogP contribution in [-0.2, 0) is 0 Å². The molecular weight excluding hydrogens is 198 g/mol. The quantitative estimate of drug-likeness (QED) is 0.669. The summed E-state index contributed by atoms with van der Waals surface area (Å²) in [6, 6.07) is 14.2. The van der Waals surface area contributed by atoms with Crippen molar-refractivity contribution in [1.29, 1.82) is 0 Å². The number of pyridine rings is 1. The highest BCUT2D eigenvalue weighted by Crippen LogP contribution is 2.26. The topological polar surface area (TPSA) is 43.3 Å². The van der Waals surface area contributed by atoms with Crippen LogP contribution in [0.4, 0.5) is 5.82 Å². The second kappa shape index (κ2) is 3.38. The average molecular weight is 209 g/mol. The number of fused-ring (bicyclic) bond motifs is 1. The first-order chi connectivity index (χ1) is 7.86. The molecule has 0 bridgehead atoms. The SMILES string of the molecule is Nc1c(-c2ccccc2)ccc2cncn12. The third kappa shape index (κ3) is 1.26. The number of benzene rings is 1. The average Bonchev–Trinajstić information content (AvgIpc) is 2.80. The summed E-state index contributed by atoms with van der Waals surface area (Å²) in [4.78, 5) is 4.08. The van der Waals surface area contributed by atoms with Gasteiger partial charge >= 0.3 is 0 Å². The summed E-state index contributed by atoms with van der Waals surface area (Å²) >= 11 is 0. The van der Waals surface area contributed by atoms with Gasteiger partial charge in [-0.1, -0.05) is 30.3 Å². The molecule has 0 aliphatic carbocycles. The number of imidazole rings is 1. The number of aromatic nitrogens is 2. The Bertz CT molecular complexity index is 626. The summed E-state index contributed by atoms with van der Waals surface area (Å²) in [6.07, 6.45) is 3.53. The Kier molecular flexibility index (Phi) is 1.90. The molecule has 0 amide bonds. The molecule has 0 saturated heterocycles. The van der Waals surface area contributed by atoms with Gasteiger partial charge in [0, 0.05) is 5.56 Å². The van der Waals surface area contributed by atoms with Gasteiger partial charge in [0.2, 0.25) is 0 Å². The largest absolute Gasteiger partial charge is 0.384 e. The maximum Gasteiger partial charge on any atom is 0.117 e. The smallest absolute Gasteiger partial charge is 0.117 e. The summed E-state index contributed by atoms with van der Waals surface area (Å²) in [5, 5.41) is 0. The predicted octanol–water partition coefficient (Wildman–Crippen LogP) is 2.58. The lowest BCUT2D eigenvalue weighted by Gasteiger charge is -2.07. The highest BCUT2D eigenvalue weighted by molar-refractivity contribution is 5.76. The van der Waals surface area contributed by atoms with E-state index in [0.29, 0.717) is 0 Å². The van der Waals surface area contributed by atoms with Crippen LogP contribution in [0.15, 0.2) is 55.0 Å². The Labute approximate surface area is 93.2 Å². The Morgan fingerprint density at radius 3 is 2.62 bits per heavy atom. The van der Waals surface area contributed by atoms with E-state index in [9.17, 15) is 0 Å². The molecular formula is C13H11N3. The molecule has 0 atom stereocenters. The lowest BCUT2D eigenvalue weighted by atomic mass is 10.1. The van der Waals surface area contributed by atoms with E-state index < -0.39 is 0 Å². The van der Waals surface area contributed by atoms with Crippen LogP contribution in [0.1, 0.15) is 0 Å². The van der Waals surface area contributed by atoms with Gasteiger partial charge in [0.15, 0.2) is 0 Å². The Hall–Kier alpha value is -2.29. The molecule has 2 heterocycles. The molecule has 0 unspecified atom stereocenters. The second-order valence-corrected chi connectivity index (χ2v) is 3.69. The van der Waals surface area contributed by atoms with E-state index in [0.717, 1.165) is 22.5 Å². The van der Waals surface area contributed by atoms with Gasteiger partial charge in [0.05, 0.1) is 11.7 Å². The number of rotatable bonds is 1. The van der Waals surface area contributed by atoms with Crippen LogP contribution < -0.4 is 5.73 Å². The number of nitrogen functional groups attached to an aromatic ring is 1. The first-order valence-corrected chi connectivity index (χ1v) is 5.12. The zero-order chi connectivity index (χ0) is 11.0. The van der Waals surface area contributed by atoms with Crippen LogP contribution >= 0.6 is 0 Å². The fourth-order valence-electron chi connectivity index (χ4n) is 1.88. The fourth-order valence-corrected chi connectivity index (χ4v) is 1.88. The molecule has 1 aromatic carbocycles. The van der Waals surface area contributed by atoms with Gasteiger partial charge in [-0.2, -0.15) is 0 Å². The Balaban J connectivity index is 2.28. The third-order valence-electron chi connectivity index (χ3n) is 2.71. The van der Waals surface area contributed by atoms with Gasteiger partial charge < -0.3 is 5.73 Å². The van der Waals surface area contributed by atoms with Crippen molar-refractivity contribution >= 4 is 11.3 Å². The van der Waals surface area contributed by atoms with Crippen LogP contribution in [0, 0.1) is 0 Å². The maximum atomic E-state index is 6.12. The maximum absolute atomic E-state index is 6.12. The van der Waals surface area contributed by atoms with E-state index in [2.05, 4.69) is 17.1 Å². The van der Waals surface area contributed by atoms with Crippen LogP contribution in [0.5, 0.6) is 0 Å². The van der Waals surface area contributed by atoms with Gasteiger partial charge in [-0.05, 0) is 17.7 Å².